The summed E-state index contributed by atoms with van der Waals surface area (Å²) in [5, 5.41) is 0. The van der Waals surface area contributed by atoms with Crippen LogP contribution < -0.4 is 0 Å². The van der Waals surface area contributed by atoms with Gasteiger partial charge in [-0.3, -0.25) is 9.69 Å². The maximum absolute atomic E-state index is 13.7. The summed E-state index contributed by atoms with van der Waals surface area (Å²) in [6.07, 6.45) is -9.79. The number of benzene rings is 2. The number of likely N-dealkylation sites (tertiary alicyclic amines) is 2. The van der Waals surface area contributed by atoms with Crippen LogP contribution in [0.15, 0.2) is 48.5 Å². The van der Waals surface area contributed by atoms with E-state index in [4.69, 9.17) is 9.47 Å². The Morgan fingerprint density at radius 3 is 2.07 bits per heavy atom. The second-order valence-electron chi connectivity index (χ2n) is 12.5. The summed E-state index contributed by atoms with van der Waals surface area (Å²) >= 11 is 0. The van der Waals surface area contributed by atoms with Crippen LogP contribution in [0.5, 0.6) is 0 Å². The van der Waals surface area contributed by atoms with E-state index in [1.165, 1.54) is 20.8 Å². The van der Waals surface area contributed by atoms with Crippen molar-refractivity contribution in [3.8, 4) is 0 Å². The molecule has 2 atom stereocenters. The van der Waals surface area contributed by atoms with Gasteiger partial charge in [0.25, 0.3) is 5.91 Å². The SMILES string of the molecule is CC(C)(C)OC(=O)N(C(=O)c1cc(C(F)(F)F)cc(C(F)(F)F)c1)C1CCN([C@H]2CCCN(C(=O)OCc3ccccc3)CC2)C1. The first-order chi connectivity index (χ1) is 21.4. The van der Waals surface area contributed by atoms with E-state index in [2.05, 4.69) is 0 Å². The van der Waals surface area contributed by atoms with Gasteiger partial charge in [0.2, 0.25) is 0 Å². The number of halogens is 6. The summed E-state index contributed by atoms with van der Waals surface area (Å²) in [6.45, 7) is 6.15. The maximum Gasteiger partial charge on any atom is 0.417 e. The predicted octanol–water partition coefficient (Wildman–Crippen LogP) is 7.37. The number of ether oxygens (including phenoxy) is 2. The van der Waals surface area contributed by atoms with Crippen LogP contribution in [0.4, 0.5) is 35.9 Å². The number of hydrogen-bond acceptors (Lipinski definition) is 6. The van der Waals surface area contributed by atoms with E-state index in [-0.39, 0.29) is 31.7 Å². The third-order valence-corrected chi connectivity index (χ3v) is 7.88. The first-order valence-corrected chi connectivity index (χ1v) is 15.0. The molecule has 0 bridgehead atoms. The summed E-state index contributed by atoms with van der Waals surface area (Å²) in [4.78, 5) is 44.0. The Bertz CT molecular complexity index is 1360. The molecule has 0 radical (unpaired) electrons. The van der Waals surface area contributed by atoms with Crippen LogP contribution in [0.3, 0.4) is 0 Å². The Morgan fingerprint density at radius 1 is 0.848 bits per heavy atom. The standard InChI is InChI=1S/C32H37F6N3O5/c1-30(2,3)46-29(44)41(27(42)22-16-23(31(33,34)35)18-24(17-22)32(36,37)38)26-12-15-40(19-26)25-10-7-13-39(14-11-25)28(43)45-20-21-8-5-4-6-9-21/h4-6,8-9,16-18,25-26H,7,10-15,19-20H2,1-3H3/t25-,26?/m0/s1. The summed E-state index contributed by atoms with van der Waals surface area (Å²) in [5.41, 5.74) is -4.49. The van der Waals surface area contributed by atoms with Crippen LogP contribution in [-0.4, -0.2) is 76.7 Å². The quantitative estimate of drug-likeness (QED) is 0.313. The molecule has 4 rings (SSSR count). The molecule has 0 spiro atoms. The van der Waals surface area contributed by atoms with E-state index in [1.807, 2.05) is 35.2 Å². The normalized spacial score (nSPS) is 19.8. The van der Waals surface area contributed by atoms with Crippen LogP contribution >= 0.6 is 0 Å². The summed E-state index contributed by atoms with van der Waals surface area (Å²) in [6, 6.07) is 8.90. The molecule has 0 aliphatic carbocycles. The Labute approximate surface area is 263 Å². The van der Waals surface area contributed by atoms with Crippen LogP contribution in [0.1, 0.15) is 73.5 Å². The van der Waals surface area contributed by atoms with Gasteiger partial charge in [-0.2, -0.15) is 26.3 Å². The topological polar surface area (TPSA) is 79.4 Å². The Hall–Kier alpha value is -3.81. The van der Waals surface area contributed by atoms with Gasteiger partial charge >= 0.3 is 24.5 Å². The minimum Gasteiger partial charge on any atom is -0.445 e. The molecule has 2 fully saturated rings. The number of alkyl halides is 6. The fraction of sp³-hybridized carbons (Fsp3) is 0.531. The van der Waals surface area contributed by atoms with Crippen molar-refractivity contribution in [3.05, 3.63) is 70.8 Å². The molecule has 1 unspecified atom stereocenters. The lowest BCUT2D eigenvalue weighted by atomic mass is 10.0. The van der Waals surface area contributed by atoms with Gasteiger partial charge in [0.05, 0.1) is 17.2 Å². The number of carbonyl (C=O) groups excluding carboxylic acids is 3. The average Bonchev–Trinajstić information content (AvgIpc) is 3.30. The molecule has 46 heavy (non-hydrogen) atoms. The maximum atomic E-state index is 13.7. The molecule has 252 valence electrons. The van der Waals surface area contributed by atoms with Gasteiger partial charge in [-0.05, 0) is 70.2 Å². The van der Waals surface area contributed by atoms with Crippen molar-refractivity contribution in [3.63, 3.8) is 0 Å². The smallest absolute Gasteiger partial charge is 0.417 e. The highest BCUT2D eigenvalue weighted by atomic mass is 19.4. The minimum atomic E-state index is -5.17. The van der Waals surface area contributed by atoms with E-state index in [0.29, 0.717) is 55.9 Å². The van der Waals surface area contributed by atoms with E-state index in [0.717, 1.165) is 5.56 Å². The predicted molar refractivity (Wildman–Crippen MR) is 155 cm³/mol. The lowest BCUT2D eigenvalue weighted by Crippen LogP contribution is -2.49. The second-order valence-corrected chi connectivity index (χ2v) is 12.5. The molecule has 0 saturated carbocycles. The van der Waals surface area contributed by atoms with Gasteiger partial charge in [0.15, 0.2) is 0 Å². The monoisotopic (exact) mass is 657 g/mol. The van der Waals surface area contributed by atoms with Crippen LogP contribution in [-0.2, 0) is 28.4 Å². The first-order valence-electron chi connectivity index (χ1n) is 15.0. The molecule has 2 aromatic rings. The van der Waals surface area contributed by atoms with Gasteiger partial charge in [0.1, 0.15) is 12.2 Å². The van der Waals surface area contributed by atoms with E-state index in [9.17, 15) is 40.7 Å². The van der Waals surface area contributed by atoms with Crippen LogP contribution in [0, 0.1) is 0 Å². The highest BCUT2D eigenvalue weighted by molar-refractivity contribution is 6.03. The second kappa shape index (κ2) is 13.9. The van der Waals surface area contributed by atoms with Gasteiger partial charge in [-0.25, -0.2) is 14.5 Å². The third kappa shape index (κ3) is 9.14. The Balaban J connectivity index is 1.50. The summed E-state index contributed by atoms with van der Waals surface area (Å²) in [5.74, 6) is -1.31. The molecule has 2 aliphatic rings. The highest BCUT2D eigenvalue weighted by Gasteiger charge is 2.42. The fourth-order valence-corrected chi connectivity index (χ4v) is 5.67. The van der Waals surface area contributed by atoms with Gasteiger partial charge in [-0.15, -0.1) is 0 Å². The molecule has 2 saturated heterocycles. The van der Waals surface area contributed by atoms with Gasteiger partial charge < -0.3 is 14.4 Å². The zero-order chi connectivity index (χ0) is 33.9. The number of carbonyl (C=O) groups is 3. The zero-order valence-corrected chi connectivity index (χ0v) is 25.8. The van der Waals surface area contributed by atoms with E-state index >= 15 is 0 Å². The lowest BCUT2D eigenvalue weighted by Gasteiger charge is -2.32. The number of hydrogen-bond donors (Lipinski definition) is 0. The van der Waals surface area contributed by atoms with Crippen molar-refractivity contribution in [2.45, 2.75) is 83.1 Å². The largest absolute Gasteiger partial charge is 0.445 e. The average molecular weight is 658 g/mol. The molecule has 14 heteroatoms. The Kier molecular flexibility index (Phi) is 10.6. The van der Waals surface area contributed by atoms with Crippen LogP contribution in [0.25, 0.3) is 0 Å². The number of imide groups is 1. The summed E-state index contributed by atoms with van der Waals surface area (Å²) in [7, 11) is 0. The molecule has 2 aromatic carbocycles. The van der Waals surface area contributed by atoms with E-state index in [1.54, 1.807) is 4.90 Å². The Morgan fingerprint density at radius 2 is 1.48 bits per heavy atom. The number of nitrogens with zero attached hydrogens (tertiary/aromatic N) is 3. The minimum absolute atomic E-state index is 0.0436. The van der Waals surface area contributed by atoms with E-state index < -0.39 is 58.8 Å². The lowest BCUT2D eigenvalue weighted by molar-refractivity contribution is -0.143. The zero-order valence-electron chi connectivity index (χ0n) is 25.8. The molecule has 3 amide bonds. The molecule has 8 nitrogen and oxygen atoms in total. The first kappa shape index (κ1) is 35.1. The molecule has 2 heterocycles. The van der Waals surface area contributed by atoms with Crippen molar-refractivity contribution in [2.75, 3.05) is 26.2 Å². The number of rotatable bonds is 5. The van der Waals surface area contributed by atoms with Gasteiger partial charge in [-0.1, -0.05) is 30.3 Å². The van der Waals surface area contributed by atoms with Crippen molar-refractivity contribution in [2.24, 2.45) is 0 Å². The third-order valence-electron chi connectivity index (χ3n) is 7.88. The molecular formula is C32H37F6N3O5. The number of amides is 3. The van der Waals surface area contributed by atoms with Gasteiger partial charge in [0, 0.05) is 37.8 Å². The fourth-order valence-electron chi connectivity index (χ4n) is 5.67. The highest BCUT2D eigenvalue weighted by Crippen LogP contribution is 2.37. The summed E-state index contributed by atoms with van der Waals surface area (Å²) < 4.78 is 92.1. The molecular weight excluding hydrogens is 620 g/mol. The van der Waals surface area contributed by atoms with Crippen LogP contribution in [0.2, 0.25) is 0 Å². The van der Waals surface area contributed by atoms with Crippen molar-refractivity contribution in [1.82, 2.24) is 14.7 Å². The molecule has 2 aliphatic heterocycles. The molecule has 0 aromatic heterocycles. The van der Waals surface area contributed by atoms with Crippen molar-refractivity contribution >= 4 is 18.1 Å². The van der Waals surface area contributed by atoms with Crippen molar-refractivity contribution < 1.29 is 50.2 Å². The van der Waals surface area contributed by atoms with Crippen molar-refractivity contribution in [1.29, 1.82) is 0 Å². The molecule has 0 N–H and O–H groups in total.